The van der Waals surface area contributed by atoms with Crippen molar-refractivity contribution in [3.05, 3.63) is 35.9 Å². The van der Waals surface area contributed by atoms with E-state index in [0.29, 0.717) is 18.4 Å². The number of hydrogen-bond acceptors (Lipinski definition) is 1. The number of rotatable bonds is 5. The molecule has 0 fully saturated rings. The van der Waals surface area contributed by atoms with Crippen molar-refractivity contribution in [1.29, 1.82) is 0 Å². The van der Waals surface area contributed by atoms with Crippen LogP contribution in [0.25, 0.3) is 0 Å². The highest BCUT2D eigenvalue weighted by Gasteiger charge is 2.11. The Morgan fingerprint density at radius 1 is 1.14 bits per heavy atom. The van der Waals surface area contributed by atoms with Gasteiger partial charge in [-0.25, -0.2) is 0 Å². The Kier molecular flexibility index (Phi) is 4.68. The van der Waals surface area contributed by atoms with Gasteiger partial charge < -0.3 is 5.11 Å². The molecule has 1 atom stereocenters. The summed E-state index contributed by atoms with van der Waals surface area (Å²) >= 11 is 0. The molecular weight excluding hydrogens is 172 g/mol. The van der Waals surface area contributed by atoms with E-state index in [1.807, 2.05) is 6.07 Å². The third-order valence-electron chi connectivity index (χ3n) is 2.82. The number of aliphatic hydroxyl groups excluding tert-OH is 1. The van der Waals surface area contributed by atoms with Gasteiger partial charge in [0.15, 0.2) is 0 Å². The second-order valence-electron chi connectivity index (χ2n) is 4.21. The van der Waals surface area contributed by atoms with Gasteiger partial charge in [0.1, 0.15) is 0 Å². The summed E-state index contributed by atoms with van der Waals surface area (Å²) in [6, 6.07) is 10.5. The molecule has 0 aromatic heterocycles. The van der Waals surface area contributed by atoms with Crippen LogP contribution in [-0.2, 0) is 6.42 Å². The van der Waals surface area contributed by atoms with Crippen LogP contribution < -0.4 is 0 Å². The van der Waals surface area contributed by atoms with Gasteiger partial charge in [-0.3, -0.25) is 0 Å². The monoisotopic (exact) mass is 192 g/mol. The molecule has 1 nitrogen and oxygen atoms in total. The fourth-order valence-electron chi connectivity index (χ4n) is 1.63. The van der Waals surface area contributed by atoms with Gasteiger partial charge in [0, 0.05) is 6.61 Å². The Bertz CT molecular complexity index is 241. The number of benzene rings is 1. The zero-order chi connectivity index (χ0) is 10.4. The van der Waals surface area contributed by atoms with Crippen molar-refractivity contribution in [2.45, 2.75) is 26.7 Å². The van der Waals surface area contributed by atoms with E-state index in [4.69, 9.17) is 0 Å². The first-order chi connectivity index (χ1) is 6.74. The first-order valence-corrected chi connectivity index (χ1v) is 5.38. The summed E-state index contributed by atoms with van der Waals surface area (Å²) in [5, 5.41) is 9.17. The fourth-order valence-corrected chi connectivity index (χ4v) is 1.63. The highest BCUT2D eigenvalue weighted by atomic mass is 16.3. The molecular formula is C13H20O. The van der Waals surface area contributed by atoms with Crippen LogP contribution in [-0.4, -0.2) is 11.7 Å². The van der Waals surface area contributed by atoms with Crippen LogP contribution in [0.3, 0.4) is 0 Å². The topological polar surface area (TPSA) is 20.2 Å². The molecule has 0 aliphatic carbocycles. The molecule has 0 aliphatic rings. The van der Waals surface area contributed by atoms with Gasteiger partial charge in [-0.05, 0) is 30.2 Å². The van der Waals surface area contributed by atoms with Crippen molar-refractivity contribution in [3.8, 4) is 0 Å². The number of aryl methyl sites for hydroxylation is 1. The summed E-state index contributed by atoms with van der Waals surface area (Å²) < 4.78 is 0. The van der Waals surface area contributed by atoms with Gasteiger partial charge in [-0.15, -0.1) is 0 Å². The maximum Gasteiger partial charge on any atom is 0.0461 e. The van der Waals surface area contributed by atoms with Crippen molar-refractivity contribution in [3.63, 3.8) is 0 Å². The van der Waals surface area contributed by atoms with E-state index in [1.54, 1.807) is 0 Å². The predicted molar refractivity (Wildman–Crippen MR) is 60.2 cm³/mol. The lowest BCUT2D eigenvalue weighted by molar-refractivity contribution is 0.181. The SMILES string of the molecule is CC(C)C(CO)CCc1ccccc1. The van der Waals surface area contributed by atoms with E-state index in [1.165, 1.54) is 5.56 Å². The molecule has 1 rings (SSSR count). The molecule has 0 radical (unpaired) electrons. The first-order valence-electron chi connectivity index (χ1n) is 5.38. The zero-order valence-electron chi connectivity index (χ0n) is 9.11. The number of hydrogen-bond donors (Lipinski definition) is 1. The third kappa shape index (κ3) is 3.51. The molecule has 0 bridgehead atoms. The van der Waals surface area contributed by atoms with Gasteiger partial charge in [0.05, 0.1) is 0 Å². The normalized spacial score (nSPS) is 13.1. The van der Waals surface area contributed by atoms with E-state index in [9.17, 15) is 5.11 Å². The molecule has 1 aromatic rings. The van der Waals surface area contributed by atoms with Crippen LogP contribution in [0, 0.1) is 11.8 Å². The summed E-state index contributed by atoms with van der Waals surface area (Å²) in [5.41, 5.74) is 1.37. The van der Waals surface area contributed by atoms with E-state index in [2.05, 4.69) is 38.1 Å². The molecule has 78 valence electrons. The van der Waals surface area contributed by atoms with Crippen molar-refractivity contribution in [2.75, 3.05) is 6.61 Å². The maximum atomic E-state index is 9.17. The van der Waals surface area contributed by atoms with Crippen molar-refractivity contribution < 1.29 is 5.11 Å². The van der Waals surface area contributed by atoms with Gasteiger partial charge in [0.2, 0.25) is 0 Å². The molecule has 0 spiro atoms. The molecule has 1 N–H and O–H groups in total. The van der Waals surface area contributed by atoms with E-state index < -0.39 is 0 Å². The largest absolute Gasteiger partial charge is 0.396 e. The van der Waals surface area contributed by atoms with Crippen LogP contribution in [0.2, 0.25) is 0 Å². The molecule has 0 heterocycles. The zero-order valence-corrected chi connectivity index (χ0v) is 9.11. The lowest BCUT2D eigenvalue weighted by Gasteiger charge is -2.17. The van der Waals surface area contributed by atoms with Gasteiger partial charge in [-0.1, -0.05) is 44.2 Å². The van der Waals surface area contributed by atoms with Gasteiger partial charge >= 0.3 is 0 Å². The summed E-state index contributed by atoms with van der Waals surface area (Å²) in [5.74, 6) is 1.01. The smallest absolute Gasteiger partial charge is 0.0461 e. The van der Waals surface area contributed by atoms with Crippen molar-refractivity contribution in [1.82, 2.24) is 0 Å². The minimum atomic E-state index is 0.310. The summed E-state index contributed by atoms with van der Waals surface area (Å²) in [6.07, 6.45) is 2.16. The quantitative estimate of drug-likeness (QED) is 0.760. The first kappa shape index (κ1) is 11.3. The summed E-state index contributed by atoms with van der Waals surface area (Å²) in [7, 11) is 0. The lowest BCUT2D eigenvalue weighted by atomic mass is 9.90. The Labute approximate surface area is 86.8 Å². The fraction of sp³-hybridized carbons (Fsp3) is 0.538. The Balaban J connectivity index is 2.40. The summed E-state index contributed by atoms with van der Waals surface area (Å²) in [6.45, 7) is 4.66. The highest BCUT2D eigenvalue weighted by Crippen LogP contribution is 2.17. The Hall–Kier alpha value is -0.820. The van der Waals surface area contributed by atoms with Gasteiger partial charge in [-0.2, -0.15) is 0 Å². The van der Waals surface area contributed by atoms with Crippen LogP contribution >= 0.6 is 0 Å². The van der Waals surface area contributed by atoms with Crippen LogP contribution in [0.15, 0.2) is 30.3 Å². The van der Waals surface area contributed by atoms with Crippen LogP contribution in [0.4, 0.5) is 0 Å². The highest BCUT2D eigenvalue weighted by molar-refractivity contribution is 5.14. The molecule has 0 saturated carbocycles. The average Bonchev–Trinajstić information content (AvgIpc) is 2.20. The number of aliphatic hydroxyl groups is 1. The van der Waals surface area contributed by atoms with Crippen LogP contribution in [0.5, 0.6) is 0 Å². The van der Waals surface area contributed by atoms with E-state index >= 15 is 0 Å². The molecule has 0 amide bonds. The van der Waals surface area contributed by atoms with E-state index in [0.717, 1.165) is 12.8 Å². The summed E-state index contributed by atoms with van der Waals surface area (Å²) in [4.78, 5) is 0. The predicted octanol–water partition coefficient (Wildman–Crippen LogP) is 2.88. The standard InChI is InChI=1S/C13H20O/c1-11(2)13(10-14)9-8-12-6-4-3-5-7-12/h3-7,11,13-14H,8-10H2,1-2H3. The molecule has 14 heavy (non-hydrogen) atoms. The van der Waals surface area contributed by atoms with Gasteiger partial charge in [0.25, 0.3) is 0 Å². The maximum absolute atomic E-state index is 9.17. The molecule has 0 saturated heterocycles. The van der Waals surface area contributed by atoms with E-state index in [-0.39, 0.29) is 0 Å². The average molecular weight is 192 g/mol. The second kappa shape index (κ2) is 5.82. The van der Waals surface area contributed by atoms with Crippen LogP contribution in [0.1, 0.15) is 25.8 Å². The minimum Gasteiger partial charge on any atom is -0.396 e. The molecule has 0 aliphatic heterocycles. The van der Waals surface area contributed by atoms with Crippen molar-refractivity contribution in [2.24, 2.45) is 11.8 Å². The molecule has 1 unspecified atom stereocenters. The van der Waals surface area contributed by atoms with Crippen molar-refractivity contribution >= 4 is 0 Å². The minimum absolute atomic E-state index is 0.310. The molecule has 1 heteroatoms. The molecule has 1 aromatic carbocycles. The third-order valence-corrected chi connectivity index (χ3v) is 2.82. The second-order valence-corrected chi connectivity index (χ2v) is 4.21. The lowest BCUT2D eigenvalue weighted by Crippen LogP contribution is -2.14. The Morgan fingerprint density at radius 3 is 2.29 bits per heavy atom. The Morgan fingerprint density at radius 2 is 1.79 bits per heavy atom.